The van der Waals surface area contributed by atoms with Gasteiger partial charge in [0.1, 0.15) is 0 Å². The minimum Gasteiger partial charge on any atom is -0.302 e. The zero-order valence-electron chi connectivity index (χ0n) is 9.44. The Bertz CT molecular complexity index is 164. The predicted octanol–water partition coefficient (Wildman–Crippen LogP) is 2.76. The number of hydrogen-bond acceptors (Lipinski definition) is 1. The minimum absolute atomic E-state index is 0.438. The molecule has 0 heterocycles. The second kappa shape index (κ2) is 2.73. The summed E-state index contributed by atoms with van der Waals surface area (Å²) in [4.78, 5) is 2.51. The predicted molar refractivity (Wildman–Crippen MR) is 54.3 cm³/mol. The molecule has 0 spiro atoms. The molecule has 72 valence electrons. The Morgan fingerprint density at radius 2 is 1.75 bits per heavy atom. The molecule has 1 atom stereocenters. The van der Waals surface area contributed by atoms with Gasteiger partial charge >= 0.3 is 0 Å². The summed E-state index contributed by atoms with van der Waals surface area (Å²) in [7, 11) is 2.25. The van der Waals surface area contributed by atoms with Gasteiger partial charge in [-0.25, -0.2) is 0 Å². The van der Waals surface area contributed by atoms with Crippen molar-refractivity contribution in [2.24, 2.45) is 10.8 Å². The second-order valence-electron chi connectivity index (χ2n) is 6.18. The summed E-state index contributed by atoms with van der Waals surface area (Å²) in [6, 6.07) is 0.830. The van der Waals surface area contributed by atoms with Gasteiger partial charge in [-0.05, 0) is 24.3 Å². The van der Waals surface area contributed by atoms with Crippen molar-refractivity contribution in [3.05, 3.63) is 0 Å². The van der Waals surface area contributed by atoms with Crippen LogP contribution in [-0.4, -0.2) is 24.5 Å². The molecule has 0 aromatic carbocycles. The van der Waals surface area contributed by atoms with E-state index in [2.05, 4.69) is 46.6 Å². The molecule has 0 aliphatic heterocycles. The molecule has 12 heavy (non-hydrogen) atoms. The molecule has 1 heteroatoms. The van der Waals surface area contributed by atoms with Crippen LogP contribution in [0.15, 0.2) is 0 Å². The fourth-order valence-electron chi connectivity index (χ4n) is 2.05. The van der Waals surface area contributed by atoms with Crippen LogP contribution < -0.4 is 0 Å². The second-order valence-corrected chi connectivity index (χ2v) is 6.18. The minimum atomic E-state index is 0.438. The van der Waals surface area contributed by atoms with Crippen molar-refractivity contribution >= 4 is 0 Å². The van der Waals surface area contributed by atoms with Gasteiger partial charge < -0.3 is 4.90 Å². The highest BCUT2D eigenvalue weighted by molar-refractivity contribution is 5.02. The van der Waals surface area contributed by atoms with E-state index in [-0.39, 0.29) is 0 Å². The summed E-state index contributed by atoms with van der Waals surface area (Å²) >= 11 is 0. The molecule has 0 radical (unpaired) electrons. The van der Waals surface area contributed by atoms with Gasteiger partial charge in [0.25, 0.3) is 0 Å². The molecule has 1 nitrogen and oxygen atoms in total. The van der Waals surface area contributed by atoms with Crippen molar-refractivity contribution in [2.45, 2.75) is 47.1 Å². The zero-order valence-corrected chi connectivity index (χ0v) is 9.44. The molecule has 0 aromatic rings. The monoisotopic (exact) mass is 169 g/mol. The first kappa shape index (κ1) is 10.0. The Labute approximate surface area is 77.1 Å². The molecule has 0 saturated heterocycles. The van der Waals surface area contributed by atoms with E-state index < -0.39 is 0 Å². The SMILES string of the molecule is CN(CC(C)(C)C)C1CC1(C)C. The van der Waals surface area contributed by atoms with E-state index in [1.54, 1.807) is 0 Å². The standard InChI is InChI=1S/C11H23N/c1-10(2,3)8-12(6)9-7-11(9,4)5/h9H,7-8H2,1-6H3. The summed E-state index contributed by atoms with van der Waals surface area (Å²) in [6.07, 6.45) is 1.37. The number of rotatable bonds is 2. The fourth-order valence-corrected chi connectivity index (χ4v) is 2.05. The van der Waals surface area contributed by atoms with E-state index in [1.807, 2.05) is 0 Å². The van der Waals surface area contributed by atoms with Crippen LogP contribution in [-0.2, 0) is 0 Å². The molecule has 1 rings (SSSR count). The van der Waals surface area contributed by atoms with E-state index in [0.29, 0.717) is 10.8 Å². The first-order chi connectivity index (χ1) is 5.22. The molecular weight excluding hydrogens is 146 g/mol. The average Bonchev–Trinajstić information content (AvgIpc) is 2.35. The molecule has 0 N–H and O–H groups in total. The molecule has 1 fully saturated rings. The topological polar surface area (TPSA) is 3.24 Å². The third-order valence-electron chi connectivity index (χ3n) is 2.72. The lowest BCUT2D eigenvalue weighted by Gasteiger charge is -2.27. The van der Waals surface area contributed by atoms with Crippen molar-refractivity contribution in [1.29, 1.82) is 0 Å². The van der Waals surface area contributed by atoms with Crippen molar-refractivity contribution in [1.82, 2.24) is 4.90 Å². The van der Waals surface area contributed by atoms with Crippen LogP contribution in [0.4, 0.5) is 0 Å². The van der Waals surface area contributed by atoms with E-state index >= 15 is 0 Å². The van der Waals surface area contributed by atoms with Gasteiger partial charge in [0.15, 0.2) is 0 Å². The van der Waals surface area contributed by atoms with Crippen molar-refractivity contribution < 1.29 is 0 Å². The third-order valence-corrected chi connectivity index (χ3v) is 2.72. The van der Waals surface area contributed by atoms with Crippen LogP contribution in [0.25, 0.3) is 0 Å². The van der Waals surface area contributed by atoms with Gasteiger partial charge in [-0.2, -0.15) is 0 Å². The van der Waals surface area contributed by atoms with Gasteiger partial charge in [-0.15, -0.1) is 0 Å². The van der Waals surface area contributed by atoms with Gasteiger partial charge in [0.2, 0.25) is 0 Å². The first-order valence-corrected chi connectivity index (χ1v) is 4.93. The van der Waals surface area contributed by atoms with Crippen molar-refractivity contribution in [2.75, 3.05) is 13.6 Å². The summed E-state index contributed by atoms with van der Waals surface area (Å²) < 4.78 is 0. The highest BCUT2D eigenvalue weighted by Gasteiger charge is 2.48. The lowest BCUT2D eigenvalue weighted by atomic mass is 9.96. The molecule has 1 aliphatic carbocycles. The number of hydrogen-bond donors (Lipinski definition) is 0. The largest absolute Gasteiger partial charge is 0.302 e. The summed E-state index contributed by atoms with van der Waals surface area (Å²) in [5, 5.41) is 0. The molecular formula is C11H23N. The molecule has 1 saturated carbocycles. The van der Waals surface area contributed by atoms with Gasteiger partial charge in [0.05, 0.1) is 0 Å². The van der Waals surface area contributed by atoms with Crippen molar-refractivity contribution in [3.63, 3.8) is 0 Å². The Kier molecular flexibility index (Phi) is 2.28. The van der Waals surface area contributed by atoms with Gasteiger partial charge in [-0.3, -0.25) is 0 Å². The van der Waals surface area contributed by atoms with Crippen LogP contribution in [0.3, 0.4) is 0 Å². The first-order valence-electron chi connectivity index (χ1n) is 4.93. The van der Waals surface area contributed by atoms with Crippen LogP contribution in [0.2, 0.25) is 0 Å². The maximum absolute atomic E-state index is 2.51. The Morgan fingerprint density at radius 3 is 2.00 bits per heavy atom. The Morgan fingerprint density at radius 1 is 1.33 bits per heavy atom. The maximum atomic E-state index is 2.51. The van der Waals surface area contributed by atoms with Gasteiger partial charge in [0, 0.05) is 12.6 Å². The highest BCUT2D eigenvalue weighted by Crippen LogP contribution is 2.48. The molecule has 0 aromatic heterocycles. The quantitative estimate of drug-likeness (QED) is 0.614. The summed E-state index contributed by atoms with van der Waals surface area (Å²) in [5.41, 5.74) is 1.02. The molecule has 1 unspecified atom stereocenters. The van der Waals surface area contributed by atoms with Gasteiger partial charge in [-0.1, -0.05) is 34.6 Å². The van der Waals surface area contributed by atoms with E-state index in [9.17, 15) is 0 Å². The summed E-state index contributed by atoms with van der Waals surface area (Å²) in [5.74, 6) is 0. The van der Waals surface area contributed by atoms with E-state index in [4.69, 9.17) is 0 Å². The molecule has 0 amide bonds. The van der Waals surface area contributed by atoms with Crippen molar-refractivity contribution in [3.8, 4) is 0 Å². The normalized spacial score (nSPS) is 27.8. The number of nitrogens with zero attached hydrogens (tertiary/aromatic N) is 1. The lowest BCUT2D eigenvalue weighted by Crippen LogP contribution is -2.32. The highest BCUT2D eigenvalue weighted by atomic mass is 15.2. The molecule has 0 bridgehead atoms. The van der Waals surface area contributed by atoms with E-state index in [1.165, 1.54) is 13.0 Å². The Hall–Kier alpha value is -0.0400. The maximum Gasteiger partial charge on any atom is 0.0150 e. The van der Waals surface area contributed by atoms with Crippen LogP contribution in [0.5, 0.6) is 0 Å². The fraction of sp³-hybridized carbons (Fsp3) is 1.00. The Balaban J connectivity index is 2.37. The smallest absolute Gasteiger partial charge is 0.0150 e. The summed E-state index contributed by atoms with van der Waals surface area (Å²) in [6.45, 7) is 12.8. The van der Waals surface area contributed by atoms with Crippen LogP contribution >= 0.6 is 0 Å². The van der Waals surface area contributed by atoms with Crippen LogP contribution in [0.1, 0.15) is 41.0 Å². The zero-order chi connectivity index (χ0) is 9.57. The molecule has 1 aliphatic rings. The average molecular weight is 169 g/mol. The van der Waals surface area contributed by atoms with Crippen LogP contribution in [0, 0.1) is 10.8 Å². The van der Waals surface area contributed by atoms with E-state index in [0.717, 1.165) is 6.04 Å². The lowest BCUT2D eigenvalue weighted by molar-refractivity contribution is 0.201. The third kappa shape index (κ3) is 2.48.